The molecule has 0 aliphatic heterocycles. The molecule has 2 aromatic rings. The number of nitrogens with one attached hydrogen (secondary N) is 2. The molecule has 0 atom stereocenters. The minimum atomic E-state index is -0.957. The number of nitrogens with zero attached hydrogens (tertiary/aromatic N) is 1. The monoisotopic (exact) mass is 381 g/mol. The van der Waals surface area contributed by atoms with E-state index in [2.05, 4.69) is 10.6 Å². The highest BCUT2D eigenvalue weighted by Gasteiger charge is 2.13. The van der Waals surface area contributed by atoms with Gasteiger partial charge in [0.15, 0.2) is 0 Å². The number of benzene rings is 2. The first-order valence-electron chi connectivity index (χ1n) is 7.78. The van der Waals surface area contributed by atoms with Crippen LogP contribution in [0.4, 0.5) is 20.2 Å². The number of hydrogen-bond acceptors (Lipinski definition) is 3. The lowest BCUT2D eigenvalue weighted by molar-refractivity contribution is -0.116. The van der Waals surface area contributed by atoms with Crippen LogP contribution in [0.1, 0.15) is 16.8 Å². The maximum Gasteiger partial charge on any atom is 0.254 e. The van der Waals surface area contributed by atoms with E-state index in [0.29, 0.717) is 16.8 Å². The van der Waals surface area contributed by atoms with Crippen LogP contribution < -0.4 is 15.5 Å². The van der Waals surface area contributed by atoms with E-state index in [1.54, 1.807) is 18.2 Å². The molecule has 2 amide bonds. The average Bonchev–Trinajstić information content (AvgIpc) is 2.54. The van der Waals surface area contributed by atoms with Crippen molar-refractivity contribution in [2.24, 2.45) is 0 Å². The Balaban J connectivity index is 1.91. The fourth-order valence-electron chi connectivity index (χ4n) is 2.27. The predicted octanol–water partition coefficient (Wildman–Crippen LogP) is 3.44. The number of hydrogen-bond donors (Lipinski definition) is 2. The molecule has 2 N–H and O–H groups in total. The zero-order valence-electron chi connectivity index (χ0n) is 14.3. The van der Waals surface area contributed by atoms with Crippen LogP contribution in [0, 0.1) is 11.6 Å². The fraction of sp³-hybridized carbons (Fsp3) is 0.222. The Morgan fingerprint density at radius 2 is 1.85 bits per heavy atom. The summed E-state index contributed by atoms with van der Waals surface area (Å²) in [5.41, 5.74) is 1.04. The zero-order valence-corrected chi connectivity index (χ0v) is 15.0. The lowest BCUT2D eigenvalue weighted by atomic mass is 10.2. The Morgan fingerprint density at radius 3 is 2.50 bits per heavy atom. The van der Waals surface area contributed by atoms with Crippen LogP contribution in [0.15, 0.2) is 36.4 Å². The van der Waals surface area contributed by atoms with Crippen molar-refractivity contribution in [3.63, 3.8) is 0 Å². The van der Waals surface area contributed by atoms with Gasteiger partial charge < -0.3 is 15.5 Å². The molecule has 0 saturated heterocycles. The molecule has 8 heteroatoms. The highest BCUT2D eigenvalue weighted by Crippen LogP contribution is 2.27. The Morgan fingerprint density at radius 1 is 1.12 bits per heavy atom. The highest BCUT2D eigenvalue weighted by molar-refractivity contribution is 6.31. The van der Waals surface area contributed by atoms with E-state index in [9.17, 15) is 18.4 Å². The third-order valence-electron chi connectivity index (χ3n) is 3.53. The van der Waals surface area contributed by atoms with E-state index in [-0.39, 0.29) is 24.4 Å². The smallest absolute Gasteiger partial charge is 0.254 e. The first-order chi connectivity index (χ1) is 12.3. The van der Waals surface area contributed by atoms with Gasteiger partial charge in [0.2, 0.25) is 5.91 Å². The molecular weight excluding hydrogens is 364 g/mol. The molecule has 26 heavy (non-hydrogen) atoms. The van der Waals surface area contributed by atoms with Crippen molar-refractivity contribution >= 4 is 34.8 Å². The van der Waals surface area contributed by atoms with Gasteiger partial charge in [-0.25, -0.2) is 8.78 Å². The summed E-state index contributed by atoms with van der Waals surface area (Å²) in [6.45, 7) is -0.000648. The van der Waals surface area contributed by atoms with Gasteiger partial charge in [0.05, 0.1) is 16.9 Å². The molecule has 0 spiro atoms. The van der Waals surface area contributed by atoms with Crippen LogP contribution in [0.5, 0.6) is 0 Å². The minimum Gasteiger partial charge on any atom is -0.376 e. The lowest BCUT2D eigenvalue weighted by Crippen LogP contribution is -2.28. The van der Waals surface area contributed by atoms with E-state index in [4.69, 9.17) is 11.6 Å². The molecule has 0 aromatic heterocycles. The molecule has 0 radical (unpaired) electrons. The molecule has 0 aliphatic rings. The number of carbonyl (C=O) groups excluding carboxylic acids is 2. The van der Waals surface area contributed by atoms with Gasteiger partial charge in [0.1, 0.15) is 11.6 Å². The Bertz CT molecular complexity index is 828. The lowest BCUT2D eigenvalue weighted by Gasteiger charge is -2.18. The first-order valence-corrected chi connectivity index (χ1v) is 8.15. The molecule has 2 rings (SSSR count). The van der Waals surface area contributed by atoms with Gasteiger partial charge in [-0.1, -0.05) is 11.6 Å². The summed E-state index contributed by atoms with van der Waals surface area (Å²) in [6, 6.07) is 7.79. The van der Waals surface area contributed by atoms with E-state index in [1.165, 1.54) is 0 Å². The SMILES string of the molecule is CN(C)c1ccc(Cl)cc1NC(=O)CCNC(=O)c1ccc(F)cc1F. The van der Waals surface area contributed by atoms with E-state index in [1.807, 2.05) is 19.0 Å². The van der Waals surface area contributed by atoms with E-state index < -0.39 is 17.5 Å². The van der Waals surface area contributed by atoms with Gasteiger partial charge in [-0.05, 0) is 30.3 Å². The number of halogens is 3. The largest absolute Gasteiger partial charge is 0.376 e. The molecule has 0 fully saturated rings. The zero-order chi connectivity index (χ0) is 19.3. The summed E-state index contributed by atoms with van der Waals surface area (Å²) in [5.74, 6) is -2.78. The van der Waals surface area contributed by atoms with Gasteiger partial charge in [0, 0.05) is 38.1 Å². The van der Waals surface area contributed by atoms with Crippen LogP contribution in [-0.2, 0) is 4.79 Å². The fourth-order valence-corrected chi connectivity index (χ4v) is 2.44. The van der Waals surface area contributed by atoms with Crippen LogP contribution in [0.3, 0.4) is 0 Å². The second-order valence-electron chi connectivity index (χ2n) is 5.73. The average molecular weight is 382 g/mol. The van der Waals surface area contributed by atoms with Crippen molar-refractivity contribution in [3.05, 3.63) is 58.6 Å². The summed E-state index contributed by atoms with van der Waals surface area (Å²) in [4.78, 5) is 25.8. The van der Waals surface area contributed by atoms with Crippen LogP contribution in [-0.4, -0.2) is 32.5 Å². The van der Waals surface area contributed by atoms with Crippen LogP contribution in [0.2, 0.25) is 5.02 Å². The van der Waals surface area contributed by atoms with Crippen LogP contribution in [0.25, 0.3) is 0 Å². The quantitative estimate of drug-likeness (QED) is 0.805. The maximum absolute atomic E-state index is 13.5. The summed E-state index contributed by atoms with van der Waals surface area (Å²) in [6.07, 6.45) is -0.0199. The third kappa shape index (κ3) is 5.16. The molecule has 2 aromatic carbocycles. The minimum absolute atomic E-state index is 0.000648. The van der Waals surface area contributed by atoms with Crippen molar-refractivity contribution in [1.82, 2.24) is 5.32 Å². The molecule has 5 nitrogen and oxygen atoms in total. The maximum atomic E-state index is 13.5. The summed E-state index contributed by atoms with van der Waals surface area (Å²) >= 11 is 5.96. The molecular formula is C18H18ClF2N3O2. The number of amides is 2. The number of carbonyl (C=O) groups is 2. The standard InChI is InChI=1S/C18H18ClF2N3O2/c1-24(2)16-6-3-11(19)9-15(16)23-17(25)7-8-22-18(26)13-5-4-12(20)10-14(13)21/h3-6,9-10H,7-8H2,1-2H3,(H,22,26)(H,23,25). The molecule has 0 heterocycles. The van der Waals surface area contributed by atoms with Gasteiger partial charge in [-0.2, -0.15) is 0 Å². The van der Waals surface area contributed by atoms with Crippen molar-refractivity contribution in [2.45, 2.75) is 6.42 Å². The van der Waals surface area contributed by atoms with Crippen LogP contribution >= 0.6 is 11.6 Å². The summed E-state index contributed by atoms with van der Waals surface area (Å²) in [5, 5.41) is 5.63. The predicted molar refractivity (Wildman–Crippen MR) is 97.7 cm³/mol. The van der Waals surface area contributed by atoms with Gasteiger partial charge in [-0.15, -0.1) is 0 Å². The number of rotatable bonds is 6. The van der Waals surface area contributed by atoms with Crippen molar-refractivity contribution in [3.8, 4) is 0 Å². The Labute approximate surface area is 154 Å². The normalized spacial score (nSPS) is 10.3. The van der Waals surface area contributed by atoms with Crippen molar-refractivity contribution in [1.29, 1.82) is 0 Å². The summed E-state index contributed by atoms with van der Waals surface area (Å²) < 4.78 is 26.4. The Hall–Kier alpha value is -2.67. The molecule has 0 aliphatic carbocycles. The van der Waals surface area contributed by atoms with E-state index in [0.717, 1.165) is 17.8 Å². The molecule has 0 unspecified atom stereocenters. The van der Waals surface area contributed by atoms with E-state index >= 15 is 0 Å². The summed E-state index contributed by atoms with van der Waals surface area (Å²) in [7, 11) is 3.66. The van der Waals surface area contributed by atoms with Gasteiger partial charge in [0.25, 0.3) is 5.91 Å². The second kappa shape index (κ2) is 8.62. The Kier molecular flexibility index (Phi) is 6.52. The molecule has 0 bridgehead atoms. The second-order valence-corrected chi connectivity index (χ2v) is 6.17. The van der Waals surface area contributed by atoms with Gasteiger partial charge in [-0.3, -0.25) is 9.59 Å². The molecule has 138 valence electrons. The van der Waals surface area contributed by atoms with Gasteiger partial charge >= 0.3 is 0 Å². The topological polar surface area (TPSA) is 61.4 Å². The molecule has 0 saturated carbocycles. The number of anilines is 2. The highest BCUT2D eigenvalue weighted by atomic mass is 35.5. The van der Waals surface area contributed by atoms with Crippen molar-refractivity contribution in [2.75, 3.05) is 30.9 Å². The first kappa shape index (κ1) is 19.7. The van der Waals surface area contributed by atoms with Crippen molar-refractivity contribution < 1.29 is 18.4 Å². The third-order valence-corrected chi connectivity index (χ3v) is 3.76.